The van der Waals surface area contributed by atoms with E-state index >= 15 is 0 Å². The van der Waals surface area contributed by atoms with Gasteiger partial charge in [-0.15, -0.1) is 0 Å². The van der Waals surface area contributed by atoms with E-state index in [-0.39, 0.29) is 11.6 Å². The van der Waals surface area contributed by atoms with Crippen LogP contribution < -0.4 is 4.74 Å². The molecular formula is C19H16ClNO3. The number of halogens is 1. The lowest BCUT2D eigenvalue weighted by Crippen LogP contribution is -2.05. The quantitative estimate of drug-likeness (QED) is 0.595. The third-order valence-electron chi connectivity index (χ3n) is 3.33. The smallest absolute Gasteiger partial charge is 0.363 e. The lowest BCUT2D eigenvalue weighted by molar-refractivity contribution is -0.129. The van der Waals surface area contributed by atoms with Crippen molar-refractivity contribution in [2.75, 3.05) is 6.61 Å². The van der Waals surface area contributed by atoms with Crippen LogP contribution in [-0.4, -0.2) is 18.5 Å². The Hall–Kier alpha value is -2.59. The van der Waals surface area contributed by atoms with Crippen LogP contribution >= 0.6 is 11.6 Å². The van der Waals surface area contributed by atoms with Crippen LogP contribution in [0.3, 0.4) is 0 Å². The summed E-state index contributed by atoms with van der Waals surface area (Å²) in [6, 6.07) is 14.5. The molecule has 0 fully saturated rings. The maximum atomic E-state index is 12.0. The highest BCUT2D eigenvalue weighted by Gasteiger charge is 2.24. The van der Waals surface area contributed by atoms with E-state index in [1.807, 2.05) is 31.2 Å². The molecule has 2 aromatic rings. The highest BCUT2D eigenvalue weighted by atomic mass is 35.5. The summed E-state index contributed by atoms with van der Waals surface area (Å²) in [5.74, 6) is 0.536. The molecule has 0 saturated carbocycles. The Labute approximate surface area is 145 Å². The van der Waals surface area contributed by atoms with Crippen molar-refractivity contribution in [3.8, 4) is 5.75 Å². The maximum Gasteiger partial charge on any atom is 0.363 e. The summed E-state index contributed by atoms with van der Waals surface area (Å²) in [5.41, 5.74) is 1.74. The highest BCUT2D eigenvalue weighted by molar-refractivity contribution is 6.31. The van der Waals surface area contributed by atoms with Gasteiger partial charge in [-0.05, 0) is 48.4 Å². The monoisotopic (exact) mass is 341 g/mol. The number of nitrogens with zero attached hydrogens (tertiary/aromatic N) is 1. The van der Waals surface area contributed by atoms with E-state index in [1.165, 1.54) is 0 Å². The lowest BCUT2D eigenvalue weighted by Gasteiger charge is -2.04. The van der Waals surface area contributed by atoms with Gasteiger partial charge in [-0.1, -0.05) is 36.7 Å². The molecule has 0 bridgehead atoms. The van der Waals surface area contributed by atoms with E-state index in [1.54, 1.807) is 30.3 Å². The molecule has 0 spiro atoms. The third kappa shape index (κ3) is 3.84. The van der Waals surface area contributed by atoms with Crippen LogP contribution in [0, 0.1) is 0 Å². The first-order chi connectivity index (χ1) is 11.7. The summed E-state index contributed by atoms with van der Waals surface area (Å²) >= 11 is 5.96. The lowest BCUT2D eigenvalue weighted by atomic mass is 10.2. The molecule has 0 radical (unpaired) electrons. The van der Waals surface area contributed by atoms with E-state index in [4.69, 9.17) is 21.1 Å². The van der Waals surface area contributed by atoms with E-state index in [9.17, 15) is 4.79 Å². The van der Waals surface area contributed by atoms with Crippen LogP contribution in [0.15, 0.2) is 59.2 Å². The molecule has 0 saturated heterocycles. The van der Waals surface area contributed by atoms with Crippen molar-refractivity contribution in [1.82, 2.24) is 0 Å². The summed E-state index contributed by atoms with van der Waals surface area (Å²) in [6.45, 7) is 2.70. The molecule has 1 heterocycles. The number of hydrogen-bond acceptors (Lipinski definition) is 4. The standard InChI is InChI=1S/C19H16ClNO3/c1-2-9-23-16-8-3-5-13(10-16)11-17-19(22)24-18(21-17)14-6-4-7-15(20)12-14/h3-8,10-12H,2,9H2,1H3/b17-11-. The maximum absolute atomic E-state index is 12.0. The van der Waals surface area contributed by atoms with Gasteiger partial charge in [0.1, 0.15) is 5.75 Å². The number of benzene rings is 2. The molecule has 122 valence electrons. The predicted molar refractivity (Wildman–Crippen MR) is 94.3 cm³/mol. The Kier molecular flexibility index (Phi) is 4.96. The van der Waals surface area contributed by atoms with Crippen LogP contribution in [-0.2, 0) is 9.53 Å². The van der Waals surface area contributed by atoms with Gasteiger partial charge in [0.05, 0.1) is 6.61 Å². The van der Waals surface area contributed by atoms with Crippen molar-refractivity contribution < 1.29 is 14.3 Å². The predicted octanol–water partition coefficient (Wildman–Crippen LogP) is 4.47. The Morgan fingerprint density at radius 3 is 2.83 bits per heavy atom. The largest absolute Gasteiger partial charge is 0.494 e. The van der Waals surface area contributed by atoms with Gasteiger partial charge in [0.15, 0.2) is 5.70 Å². The third-order valence-corrected chi connectivity index (χ3v) is 3.56. The molecule has 5 heteroatoms. The zero-order valence-electron chi connectivity index (χ0n) is 13.2. The number of carbonyl (C=O) groups excluding carboxylic acids is 1. The summed E-state index contributed by atoms with van der Waals surface area (Å²) in [4.78, 5) is 16.3. The number of hydrogen-bond donors (Lipinski definition) is 0. The molecule has 0 aliphatic carbocycles. The Balaban J connectivity index is 1.86. The van der Waals surface area contributed by atoms with Gasteiger partial charge in [0.25, 0.3) is 0 Å². The highest BCUT2D eigenvalue weighted by Crippen LogP contribution is 2.22. The van der Waals surface area contributed by atoms with Gasteiger partial charge in [-0.2, -0.15) is 0 Å². The van der Waals surface area contributed by atoms with Gasteiger partial charge in [0, 0.05) is 10.6 Å². The van der Waals surface area contributed by atoms with Gasteiger partial charge in [-0.25, -0.2) is 9.79 Å². The van der Waals surface area contributed by atoms with Crippen molar-refractivity contribution in [3.05, 3.63) is 70.4 Å². The normalized spacial score (nSPS) is 15.3. The molecule has 0 unspecified atom stereocenters. The van der Waals surface area contributed by atoms with Gasteiger partial charge < -0.3 is 9.47 Å². The SMILES string of the molecule is CCCOc1cccc(/C=C2\N=C(c3cccc(Cl)c3)OC2=O)c1. The molecule has 1 aliphatic rings. The van der Waals surface area contributed by atoms with Gasteiger partial charge in [-0.3, -0.25) is 0 Å². The number of esters is 1. The van der Waals surface area contributed by atoms with Crippen molar-refractivity contribution in [2.24, 2.45) is 4.99 Å². The molecule has 3 rings (SSSR count). The topological polar surface area (TPSA) is 47.9 Å². The Morgan fingerprint density at radius 2 is 2.04 bits per heavy atom. The number of cyclic esters (lactones) is 1. The summed E-state index contributed by atoms with van der Waals surface area (Å²) < 4.78 is 10.8. The Bertz CT molecular complexity index is 827. The molecule has 0 atom stereocenters. The van der Waals surface area contributed by atoms with Crippen molar-refractivity contribution in [1.29, 1.82) is 0 Å². The van der Waals surface area contributed by atoms with Gasteiger partial charge >= 0.3 is 5.97 Å². The van der Waals surface area contributed by atoms with E-state index < -0.39 is 5.97 Å². The first-order valence-electron chi connectivity index (χ1n) is 7.67. The van der Waals surface area contributed by atoms with Crippen LogP contribution in [0.25, 0.3) is 6.08 Å². The minimum absolute atomic E-state index is 0.248. The van der Waals surface area contributed by atoms with Crippen LogP contribution in [0.5, 0.6) is 5.75 Å². The van der Waals surface area contributed by atoms with E-state index in [0.717, 1.165) is 17.7 Å². The first kappa shape index (κ1) is 16.3. The zero-order valence-corrected chi connectivity index (χ0v) is 13.9. The van der Waals surface area contributed by atoms with Crippen molar-refractivity contribution in [3.63, 3.8) is 0 Å². The molecular weight excluding hydrogens is 326 g/mol. The summed E-state index contributed by atoms with van der Waals surface area (Å²) in [7, 11) is 0. The van der Waals surface area contributed by atoms with Crippen LogP contribution in [0.4, 0.5) is 0 Å². The molecule has 0 N–H and O–H groups in total. The molecule has 24 heavy (non-hydrogen) atoms. The average molecular weight is 342 g/mol. The fourth-order valence-electron chi connectivity index (χ4n) is 2.23. The second kappa shape index (κ2) is 7.32. The minimum Gasteiger partial charge on any atom is -0.494 e. The van der Waals surface area contributed by atoms with E-state index in [0.29, 0.717) is 17.2 Å². The summed E-state index contributed by atoms with van der Waals surface area (Å²) in [5, 5.41) is 0.560. The van der Waals surface area contributed by atoms with Crippen LogP contribution in [0.1, 0.15) is 24.5 Å². The molecule has 2 aromatic carbocycles. The summed E-state index contributed by atoms with van der Waals surface area (Å²) in [6.07, 6.45) is 2.61. The second-order valence-electron chi connectivity index (χ2n) is 5.27. The molecule has 0 amide bonds. The number of aliphatic imine (C=N–C) groups is 1. The minimum atomic E-state index is -0.482. The second-order valence-corrected chi connectivity index (χ2v) is 5.70. The first-order valence-corrected chi connectivity index (χ1v) is 8.05. The molecule has 4 nitrogen and oxygen atoms in total. The van der Waals surface area contributed by atoms with Crippen molar-refractivity contribution >= 4 is 29.5 Å². The number of ether oxygens (including phenoxy) is 2. The van der Waals surface area contributed by atoms with E-state index in [2.05, 4.69) is 4.99 Å². The average Bonchev–Trinajstić information content (AvgIpc) is 2.94. The van der Waals surface area contributed by atoms with Gasteiger partial charge in [0.2, 0.25) is 5.90 Å². The number of carbonyl (C=O) groups is 1. The fourth-order valence-corrected chi connectivity index (χ4v) is 2.42. The number of rotatable bonds is 5. The zero-order chi connectivity index (χ0) is 16.9. The Morgan fingerprint density at radius 1 is 1.21 bits per heavy atom. The van der Waals surface area contributed by atoms with Crippen LogP contribution in [0.2, 0.25) is 5.02 Å². The fraction of sp³-hybridized carbons (Fsp3) is 0.158. The molecule has 0 aromatic heterocycles. The van der Waals surface area contributed by atoms with Crippen molar-refractivity contribution in [2.45, 2.75) is 13.3 Å². The molecule has 1 aliphatic heterocycles.